The Hall–Kier alpha value is -1.71. The molecule has 0 aliphatic carbocycles. The number of hydrogen-bond acceptors (Lipinski definition) is 3. The van der Waals surface area contributed by atoms with Gasteiger partial charge in [-0.2, -0.15) is 5.10 Å². The van der Waals surface area contributed by atoms with E-state index in [0.29, 0.717) is 11.8 Å². The minimum absolute atomic E-state index is 0.399. The topological polar surface area (TPSA) is 57.0 Å². The highest BCUT2D eigenvalue weighted by Gasteiger charge is 1.99. The van der Waals surface area contributed by atoms with Gasteiger partial charge in [0.05, 0.1) is 0 Å². The summed E-state index contributed by atoms with van der Waals surface area (Å²) in [4.78, 5) is 0. The first-order chi connectivity index (χ1) is 5.36. The summed E-state index contributed by atoms with van der Waals surface area (Å²) in [6.45, 7) is 0. The normalized spacial score (nSPS) is 10.2. The molecule has 0 aromatic carbocycles. The van der Waals surface area contributed by atoms with Crippen LogP contribution < -0.4 is 5.73 Å². The van der Waals surface area contributed by atoms with Crippen LogP contribution in [0.5, 0.6) is 0 Å². The fourth-order valence-electron chi connectivity index (χ4n) is 0.865. The highest BCUT2D eigenvalue weighted by molar-refractivity contribution is 5.31. The van der Waals surface area contributed by atoms with Crippen LogP contribution in [0.15, 0.2) is 35.0 Å². The van der Waals surface area contributed by atoms with Crippen molar-refractivity contribution in [1.82, 2.24) is 9.78 Å². The molecule has 4 nitrogen and oxygen atoms in total. The van der Waals surface area contributed by atoms with E-state index in [2.05, 4.69) is 5.10 Å². The highest BCUT2D eigenvalue weighted by atomic mass is 16.4. The van der Waals surface area contributed by atoms with Crippen molar-refractivity contribution in [2.45, 2.75) is 0 Å². The number of nitrogens with zero attached hydrogens (tertiary/aromatic N) is 2. The van der Waals surface area contributed by atoms with E-state index in [1.807, 2.05) is 6.07 Å². The largest absolute Gasteiger partial charge is 0.423 e. The van der Waals surface area contributed by atoms with Crippen LogP contribution in [0.1, 0.15) is 0 Å². The lowest BCUT2D eigenvalue weighted by Crippen LogP contribution is -1.90. The van der Waals surface area contributed by atoms with Gasteiger partial charge in [-0.25, -0.2) is 4.68 Å². The quantitative estimate of drug-likeness (QED) is 0.659. The summed E-state index contributed by atoms with van der Waals surface area (Å²) in [5.74, 6) is 1.03. The van der Waals surface area contributed by atoms with Crippen molar-refractivity contribution in [3.05, 3.63) is 30.6 Å². The minimum atomic E-state index is 0.399. The summed E-state index contributed by atoms with van der Waals surface area (Å²) in [6.07, 6.45) is 3.47. The Labute approximate surface area is 63.2 Å². The van der Waals surface area contributed by atoms with Gasteiger partial charge in [0.25, 0.3) is 0 Å². The summed E-state index contributed by atoms with van der Waals surface area (Å²) in [5.41, 5.74) is 5.38. The maximum Gasteiger partial charge on any atom is 0.222 e. The van der Waals surface area contributed by atoms with Crippen molar-refractivity contribution in [1.29, 1.82) is 0 Å². The molecule has 4 heteroatoms. The van der Waals surface area contributed by atoms with E-state index in [1.54, 1.807) is 29.2 Å². The van der Waals surface area contributed by atoms with E-state index in [9.17, 15) is 0 Å². The lowest BCUT2D eigenvalue weighted by molar-refractivity contribution is 0.539. The summed E-state index contributed by atoms with van der Waals surface area (Å²) < 4.78 is 6.71. The van der Waals surface area contributed by atoms with Crippen molar-refractivity contribution in [2.75, 3.05) is 5.73 Å². The van der Waals surface area contributed by atoms with Crippen LogP contribution in [0.2, 0.25) is 0 Å². The zero-order chi connectivity index (χ0) is 7.68. The Morgan fingerprint density at radius 2 is 2.36 bits per heavy atom. The predicted octanol–water partition coefficient (Wildman–Crippen LogP) is 1.05. The average Bonchev–Trinajstić information content (AvgIpc) is 2.55. The molecule has 56 valence electrons. The Morgan fingerprint density at radius 1 is 1.45 bits per heavy atom. The molecule has 0 unspecified atom stereocenters. The van der Waals surface area contributed by atoms with Crippen LogP contribution in [-0.4, -0.2) is 9.78 Å². The van der Waals surface area contributed by atoms with Gasteiger partial charge in [-0.05, 0) is 6.07 Å². The molecular formula is C7H7N3O. The molecule has 0 aliphatic heterocycles. The van der Waals surface area contributed by atoms with Gasteiger partial charge in [-0.1, -0.05) is 0 Å². The van der Waals surface area contributed by atoms with Gasteiger partial charge in [-0.15, -0.1) is 0 Å². The first-order valence-electron chi connectivity index (χ1n) is 3.21. The SMILES string of the molecule is Nc1ccc(-n2cccn2)o1. The lowest BCUT2D eigenvalue weighted by Gasteiger charge is -1.91. The highest BCUT2D eigenvalue weighted by Crippen LogP contribution is 2.12. The third-order valence-corrected chi connectivity index (χ3v) is 1.34. The van der Waals surface area contributed by atoms with Crippen LogP contribution in [-0.2, 0) is 0 Å². The predicted molar refractivity (Wildman–Crippen MR) is 40.2 cm³/mol. The average molecular weight is 149 g/mol. The lowest BCUT2D eigenvalue weighted by atomic mass is 10.6. The zero-order valence-corrected chi connectivity index (χ0v) is 5.77. The van der Waals surface area contributed by atoms with Crippen LogP contribution >= 0.6 is 0 Å². The molecule has 2 N–H and O–H groups in total. The Bertz CT molecular complexity index is 336. The monoisotopic (exact) mass is 149 g/mol. The molecule has 0 amide bonds. The van der Waals surface area contributed by atoms with Gasteiger partial charge in [-0.3, -0.25) is 0 Å². The smallest absolute Gasteiger partial charge is 0.222 e. The standard InChI is InChI=1S/C7H7N3O/c8-6-2-3-7(11-6)10-5-1-4-9-10/h1-5H,8H2. The van der Waals surface area contributed by atoms with Gasteiger partial charge in [0.2, 0.25) is 5.88 Å². The second kappa shape index (κ2) is 2.16. The summed E-state index contributed by atoms with van der Waals surface area (Å²) in [7, 11) is 0. The van der Waals surface area contributed by atoms with E-state index in [0.717, 1.165) is 0 Å². The fourth-order valence-corrected chi connectivity index (χ4v) is 0.865. The first-order valence-corrected chi connectivity index (χ1v) is 3.21. The Morgan fingerprint density at radius 3 is 2.91 bits per heavy atom. The van der Waals surface area contributed by atoms with Gasteiger partial charge in [0, 0.05) is 24.5 Å². The number of furan rings is 1. The van der Waals surface area contributed by atoms with Crippen molar-refractivity contribution >= 4 is 5.88 Å². The molecule has 2 rings (SSSR count). The van der Waals surface area contributed by atoms with E-state index in [4.69, 9.17) is 10.2 Å². The van der Waals surface area contributed by atoms with Gasteiger partial charge < -0.3 is 10.2 Å². The fraction of sp³-hybridized carbons (Fsp3) is 0. The summed E-state index contributed by atoms with van der Waals surface area (Å²) in [6, 6.07) is 5.28. The molecule has 0 radical (unpaired) electrons. The summed E-state index contributed by atoms with van der Waals surface area (Å²) >= 11 is 0. The number of hydrogen-bond donors (Lipinski definition) is 1. The Kier molecular flexibility index (Phi) is 1.18. The second-order valence-corrected chi connectivity index (χ2v) is 2.13. The van der Waals surface area contributed by atoms with Crippen molar-refractivity contribution < 1.29 is 4.42 Å². The molecule has 0 saturated carbocycles. The van der Waals surface area contributed by atoms with E-state index < -0.39 is 0 Å². The molecule has 0 bridgehead atoms. The summed E-state index contributed by atoms with van der Waals surface area (Å²) in [5, 5.41) is 3.97. The minimum Gasteiger partial charge on any atom is -0.423 e. The molecule has 0 fully saturated rings. The molecule has 2 aromatic rings. The van der Waals surface area contributed by atoms with Gasteiger partial charge >= 0.3 is 0 Å². The van der Waals surface area contributed by atoms with Gasteiger partial charge in [0.1, 0.15) is 0 Å². The van der Waals surface area contributed by atoms with E-state index in [-0.39, 0.29) is 0 Å². The van der Waals surface area contributed by atoms with Crippen LogP contribution in [0.3, 0.4) is 0 Å². The van der Waals surface area contributed by atoms with Crippen LogP contribution in [0, 0.1) is 0 Å². The van der Waals surface area contributed by atoms with Crippen LogP contribution in [0.25, 0.3) is 5.88 Å². The third-order valence-electron chi connectivity index (χ3n) is 1.34. The van der Waals surface area contributed by atoms with Crippen molar-refractivity contribution in [3.8, 4) is 5.88 Å². The zero-order valence-electron chi connectivity index (χ0n) is 5.77. The first kappa shape index (κ1) is 6.03. The maximum atomic E-state index is 5.38. The number of anilines is 1. The van der Waals surface area contributed by atoms with Gasteiger partial charge in [0.15, 0.2) is 5.88 Å². The third kappa shape index (κ3) is 0.980. The van der Waals surface area contributed by atoms with E-state index >= 15 is 0 Å². The molecular weight excluding hydrogens is 142 g/mol. The molecule has 0 saturated heterocycles. The number of nitrogen functional groups attached to an aromatic ring is 1. The number of rotatable bonds is 1. The molecule has 2 aromatic heterocycles. The van der Waals surface area contributed by atoms with Crippen molar-refractivity contribution in [2.24, 2.45) is 0 Å². The molecule has 0 atom stereocenters. The maximum absolute atomic E-state index is 5.38. The molecule has 0 aliphatic rings. The van der Waals surface area contributed by atoms with E-state index in [1.165, 1.54) is 0 Å². The molecule has 2 heterocycles. The second-order valence-electron chi connectivity index (χ2n) is 2.13. The number of aromatic nitrogens is 2. The Balaban J connectivity index is 2.45. The number of nitrogens with two attached hydrogens (primary N) is 1. The molecule has 0 spiro atoms. The molecule has 11 heavy (non-hydrogen) atoms. The van der Waals surface area contributed by atoms with Crippen molar-refractivity contribution in [3.63, 3.8) is 0 Å². The van der Waals surface area contributed by atoms with Crippen LogP contribution in [0.4, 0.5) is 5.88 Å².